The molecule has 0 unspecified atom stereocenters. The standard InChI is InChI=1S/C21H17ClN2O4/c1-27-19-10-9-15(12-17(19)22)23-21(26)18(13-16-8-5-11-28-16)24-20(25)14-6-3-2-4-7-14/h2-13H,1H3,(H,23,26)(H,24,25)/b18-13-. The highest BCUT2D eigenvalue weighted by molar-refractivity contribution is 6.32. The molecule has 0 saturated carbocycles. The number of carbonyl (C=O) groups is 2. The second-order valence-electron chi connectivity index (χ2n) is 5.70. The van der Waals surface area contributed by atoms with Crippen molar-refractivity contribution in [2.45, 2.75) is 0 Å². The summed E-state index contributed by atoms with van der Waals surface area (Å²) in [6, 6.07) is 16.8. The second kappa shape index (κ2) is 8.92. The van der Waals surface area contributed by atoms with E-state index in [1.54, 1.807) is 60.7 Å². The van der Waals surface area contributed by atoms with Crippen LogP contribution in [0, 0.1) is 0 Å². The van der Waals surface area contributed by atoms with Crippen LogP contribution in [0.4, 0.5) is 5.69 Å². The summed E-state index contributed by atoms with van der Waals surface area (Å²) in [6.45, 7) is 0. The molecule has 2 amide bonds. The lowest BCUT2D eigenvalue weighted by atomic mass is 10.2. The van der Waals surface area contributed by atoms with Crippen molar-refractivity contribution >= 4 is 35.2 Å². The van der Waals surface area contributed by atoms with E-state index in [0.29, 0.717) is 27.8 Å². The average Bonchev–Trinajstić information content (AvgIpc) is 3.21. The SMILES string of the molecule is COc1ccc(NC(=O)/C(=C/c2ccco2)NC(=O)c2ccccc2)cc1Cl. The Labute approximate surface area is 166 Å². The van der Waals surface area contributed by atoms with E-state index in [0.717, 1.165) is 0 Å². The molecule has 7 heteroatoms. The first-order valence-corrected chi connectivity index (χ1v) is 8.71. The monoisotopic (exact) mass is 396 g/mol. The molecule has 0 fully saturated rings. The van der Waals surface area contributed by atoms with Crippen molar-refractivity contribution in [1.29, 1.82) is 0 Å². The van der Waals surface area contributed by atoms with Gasteiger partial charge in [-0.3, -0.25) is 9.59 Å². The third-order valence-corrected chi connectivity index (χ3v) is 4.06. The number of hydrogen-bond donors (Lipinski definition) is 2. The van der Waals surface area contributed by atoms with Gasteiger partial charge in [-0.1, -0.05) is 29.8 Å². The molecule has 3 aromatic rings. The van der Waals surface area contributed by atoms with E-state index in [9.17, 15) is 9.59 Å². The van der Waals surface area contributed by atoms with E-state index in [2.05, 4.69) is 10.6 Å². The summed E-state index contributed by atoms with van der Waals surface area (Å²) in [5.74, 6) is -0.0297. The van der Waals surface area contributed by atoms with Gasteiger partial charge in [0.1, 0.15) is 17.2 Å². The lowest BCUT2D eigenvalue weighted by Gasteiger charge is -2.12. The van der Waals surface area contributed by atoms with Crippen LogP contribution in [0.25, 0.3) is 6.08 Å². The zero-order valence-electron chi connectivity index (χ0n) is 14.9. The summed E-state index contributed by atoms with van der Waals surface area (Å²) in [6.07, 6.45) is 2.92. The molecule has 0 bridgehead atoms. The summed E-state index contributed by atoms with van der Waals surface area (Å²) >= 11 is 6.10. The van der Waals surface area contributed by atoms with Gasteiger partial charge in [0.25, 0.3) is 11.8 Å². The fourth-order valence-electron chi connectivity index (χ4n) is 2.40. The van der Waals surface area contributed by atoms with Crippen LogP contribution >= 0.6 is 11.6 Å². The molecule has 2 aromatic carbocycles. The molecule has 3 rings (SSSR count). The number of amides is 2. The Bertz CT molecular complexity index is 999. The van der Waals surface area contributed by atoms with Gasteiger partial charge in [0.2, 0.25) is 0 Å². The molecule has 142 valence electrons. The molecular weight excluding hydrogens is 380 g/mol. The Morgan fingerprint density at radius 1 is 1.07 bits per heavy atom. The van der Waals surface area contributed by atoms with Gasteiger partial charge in [-0.15, -0.1) is 0 Å². The zero-order chi connectivity index (χ0) is 19.9. The first kappa shape index (κ1) is 19.3. The number of methoxy groups -OCH3 is 1. The maximum atomic E-state index is 12.8. The highest BCUT2D eigenvalue weighted by atomic mass is 35.5. The van der Waals surface area contributed by atoms with Gasteiger partial charge in [0.15, 0.2) is 0 Å². The lowest BCUT2D eigenvalue weighted by molar-refractivity contribution is -0.113. The smallest absolute Gasteiger partial charge is 0.272 e. The van der Waals surface area contributed by atoms with Gasteiger partial charge in [0, 0.05) is 17.3 Å². The van der Waals surface area contributed by atoms with E-state index in [4.69, 9.17) is 20.8 Å². The third kappa shape index (κ3) is 4.81. The van der Waals surface area contributed by atoms with Crippen LogP contribution in [0.1, 0.15) is 16.1 Å². The molecule has 1 aromatic heterocycles. The van der Waals surface area contributed by atoms with Crippen LogP contribution in [-0.2, 0) is 4.79 Å². The summed E-state index contributed by atoms with van der Waals surface area (Å²) in [5.41, 5.74) is 0.902. The van der Waals surface area contributed by atoms with Crippen molar-refractivity contribution in [2.75, 3.05) is 12.4 Å². The van der Waals surface area contributed by atoms with Crippen LogP contribution in [0.2, 0.25) is 5.02 Å². The minimum Gasteiger partial charge on any atom is -0.495 e. The normalized spacial score (nSPS) is 11.0. The number of carbonyl (C=O) groups excluding carboxylic acids is 2. The Kier molecular flexibility index (Phi) is 6.14. The predicted octanol–water partition coefficient (Wildman–Crippen LogP) is 4.35. The van der Waals surface area contributed by atoms with Crippen molar-refractivity contribution in [3.05, 3.63) is 89.0 Å². The van der Waals surface area contributed by atoms with Crippen molar-refractivity contribution in [3.63, 3.8) is 0 Å². The molecule has 1 heterocycles. The van der Waals surface area contributed by atoms with E-state index < -0.39 is 11.8 Å². The molecular formula is C21H17ClN2O4. The largest absolute Gasteiger partial charge is 0.495 e. The van der Waals surface area contributed by atoms with Crippen LogP contribution in [0.3, 0.4) is 0 Å². The quantitative estimate of drug-likeness (QED) is 0.607. The molecule has 0 aliphatic carbocycles. The van der Waals surface area contributed by atoms with Gasteiger partial charge in [-0.05, 0) is 42.5 Å². The summed E-state index contributed by atoms with van der Waals surface area (Å²) in [4.78, 5) is 25.2. The first-order chi connectivity index (χ1) is 13.6. The fourth-order valence-corrected chi connectivity index (χ4v) is 2.66. The van der Waals surface area contributed by atoms with Crippen LogP contribution < -0.4 is 15.4 Å². The highest BCUT2D eigenvalue weighted by Crippen LogP contribution is 2.27. The number of furan rings is 1. The molecule has 0 aliphatic rings. The first-order valence-electron chi connectivity index (χ1n) is 8.33. The topological polar surface area (TPSA) is 80.6 Å². The van der Waals surface area contributed by atoms with E-state index in [1.165, 1.54) is 19.4 Å². The van der Waals surface area contributed by atoms with E-state index in [-0.39, 0.29) is 5.70 Å². The molecule has 2 N–H and O–H groups in total. The van der Waals surface area contributed by atoms with Crippen LogP contribution in [0.15, 0.2) is 77.0 Å². The number of hydrogen-bond acceptors (Lipinski definition) is 4. The molecule has 6 nitrogen and oxygen atoms in total. The van der Waals surface area contributed by atoms with Gasteiger partial charge < -0.3 is 19.8 Å². The average molecular weight is 397 g/mol. The van der Waals surface area contributed by atoms with Gasteiger partial charge in [0.05, 0.1) is 18.4 Å². The number of anilines is 1. The van der Waals surface area contributed by atoms with E-state index >= 15 is 0 Å². The van der Waals surface area contributed by atoms with E-state index in [1.807, 2.05) is 0 Å². The van der Waals surface area contributed by atoms with Gasteiger partial charge in [-0.2, -0.15) is 0 Å². The van der Waals surface area contributed by atoms with Crippen LogP contribution in [0.5, 0.6) is 5.75 Å². The Morgan fingerprint density at radius 3 is 2.50 bits per heavy atom. The van der Waals surface area contributed by atoms with Crippen molar-refractivity contribution < 1.29 is 18.7 Å². The van der Waals surface area contributed by atoms with Crippen molar-refractivity contribution in [1.82, 2.24) is 5.32 Å². The number of ether oxygens (including phenoxy) is 1. The predicted molar refractivity (Wildman–Crippen MR) is 107 cm³/mol. The Morgan fingerprint density at radius 2 is 1.86 bits per heavy atom. The fraction of sp³-hybridized carbons (Fsp3) is 0.0476. The summed E-state index contributed by atoms with van der Waals surface area (Å²) in [5, 5.41) is 5.67. The summed E-state index contributed by atoms with van der Waals surface area (Å²) < 4.78 is 10.4. The number of rotatable bonds is 6. The zero-order valence-corrected chi connectivity index (χ0v) is 15.7. The molecule has 0 atom stereocenters. The van der Waals surface area contributed by atoms with Gasteiger partial charge >= 0.3 is 0 Å². The molecule has 28 heavy (non-hydrogen) atoms. The second-order valence-corrected chi connectivity index (χ2v) is 6.10. The van der Waals surface area contributed by atoms with Crippen LogP contribution in [-0.4, -0.2) is 18.9 Å². The molecule has 0 spiro atoms. The number of halogens is 1. The minimum atomic E-state index is -0.526. The Hall–Kier alpha value is -3.51. The number of nitrogens with one attached hydrogen (secondary N) is 2. The molecule has 0 aliphatic heterocycles. The lowest BCUT2D eigenvalue weighted by Crippen LogP contribution is -2.30. The van der Waals surface area contributed by atoms with Gasteiger partial charge in [-0.25, -0.2) is 0 Å². The van der Waals surface area contributed by atoms with Crippen molar-refractivity contribution in [3.8, 4) is 5.75 Å². The minimum absolute atomic E-state index is 0.0238. The van der Waals surface area contributed by atoms with Crippen molar-refractivity contribution in [2.24, 2.45) is 0 Å². The number of benzene rings is 2. The molecule has 0 saturated heterocycles. The molecule has 0 radical (unpaired) electrons. The highest BCUT2D eigenvalue weighted by Gasteiger charge is 2.16. The third-order valence-electron chi connectivity index (χ3n) is 3.77. The maximum Gasteiger partial charge on any atom is 0.272 e. The maximum absolute atomic E-state index is 12.8. The summed E-state index contributed by atoms with van der Waals surface area (Å²) in [7, 11) is 1.50. The Balaban J connectivity index is 1.83.